The van der Waals surface area contributed by atoms with E-state index in [4.69, 9.17) is 9.47 Å². The molecule has 4 rings (SSSR count). The monoisotopic (exact) mass is 381 g/mol. The molecule has 27 heavy (non-hydrogen) atoms. The van der Waals surface area contributed by atoms with Gasteiger partial charge in [-0.1, -0.05) is 18.2 Å². The van der Waals surface area contributed by atoms with Gasteiger partial charge < -0.3 is 14.4 Å². The van der Waals surface area contributed by atoms with Crippen LogP contribution in [0.3, 0.4) is 0 Å². The van der Waals surface area contributed by atoms with Crippen molar-refractivity contribution in [1.29, 1.82) is 0 Å². The molecule has 0 aliphatic carbocycles. The van der Waals surface area contributed by atoms with Crippen LogP contribution < -0.4 is 4.74 Å². The van der Waals surface area contributed by atoms with Crippen molar-refractivity contribution in [3.8, 4) is 5.75 Å². The number of hydrogen-bond acceptors (Lipinski definition) is 4. The lowest BCUT2D eigenvalue weighted by Crippen LogP contribution is -2.60. The van der Waals surface area contributed by atoms with E-state index in [9.17, 15) is 18.0 Å². The molecule has 2 unspecified atom stereocenters. The molecule has 0 spiro atoms. The largest absolute Gasteiger partial charge is 0.487 e. The van der Waals surface area contributed by atoms with Crippen LogP contribution in [-0.4, -0.2) is 52.1 Å². The number of aromatic nitrogens is 2. The van der Waals surface area contributed by atoms with E-state index in [2.05, 4.69) is 5.10 Å². The number of carbonyl (C=O) groups excluding carboxylic acids is 1. The van der Waals surface area contributed by atoms with E-state index in [1.165, 1.54) is 10.7 Å². The number of benzene rings is 1. The van der Waals surface area contributed by atoms with E-state index < -0.39 is 24.2 Å². The molecule has 1 fully saturated rings. The predicted molar refractivity (Wildman–Crippen MR) is 88.2 cm³/mol. The summed E-state index contributed by atoms with van der Waals surface area (Å²) in [7, 11) is 0. The number of para-hydroxylation sites is 1. The lowest BCUT2D eigenvalue weighted by Gasteiger charge is -2.42. The van der Waals surface area contributed by atoms with Crippen molar-refractivity contribution in [2.45, 2.75) is 37.9 Å². The Labute approximate surface area is 153 Å². The second kappa shape index (κ2) is 6.88. The van der Waals surface area contributed by atoms with Crippen LogP contribution in [0.5, 0.6) is 5.75 Å². The number of halogens is 3. The van der Waals surface area contributed by atoms with Crippen molar-refractivity contribution in [2.24, 2.45) is 0 Å². The third-order valence-electron chi connectivity index (χ3n) is 4.75. The quantitative estimate of drug-likeness (QED) is 0.799. The molecule has 1 amide bonds. The fraction of sp³-hybridized carbons (Fsp3) is 0.444. The molecule has 0 saturated carbocycles. The van der Waals surface area contributed by atoms with Crippen LogP contribution in [-0.2, 0) is 17.9 Å². The number of ether oxygens (including phenoxy) is 2. The van der Waals surface area contributed by atoms with E-state index in [0.29, 0.717) is 17.9 Å². The molecular weight excluding hydrogens is 363 g/mol. The number of amides is 1. The summed E-state index contributed by atoms with van der Waals surface area (Å²) in [6, 6.07) is 8.66. The highest BCUT2D eigenvalue weighted by Gasteiger charge is 2.53. The smallest absolute Gasteiger partial charge is 0.411 e. The zero-order chi connectivity index (χ0) is 19.0. The number of alkyl halides is 3. The first kappa shape index (κ1) is 17.8. The number of carbonyl (C=O) groups is 1. The fourth-order valence-electron chi connectivity index (χ4n) is 3.36. The van der Waals surface area contributed by atoms with Gasteiger partial charge in [0.05, 0.1) is 12.6 Å². The molecule has 0 radical (unpaired) electrons. The zero-order valence-electron chi connectivity index (χ0n) is 14.4. The van der Waals surface area contributed by atoms with E-state index in [1.54, 1.807) is 12.1 Å². The lowest BCUT2D eigenvalue weighted by molar-refractivity contribution is -0.230. The van der Waals surface area contributed by atoms with Crippen molar-refractivity contribution in [2.75, 3.05) is 13.2 Å². The summed E-state index contributed by atoms with van der Waals surface area (Å²) in [6.45, 7) is 0.562. The molecule has 1 saturated heterocycles. The Morgan fingerprint density at radius 3 is 2.63 bits per heavy atom. The minimum Gasteiger partial charge on any atom is -0.487 e. The Kier molecular flexibility index (Phi) is 4.55. The van der Waals surface area contributed by atoms with Crippen molar-refractivity contribution in [1.82, 2.24) is 14.7 Å². The summed E-state index contributed by atoms with van der Waals surface area (Å²) in [4.78, 5) is 13.6. The highest BCUT2D eigenvalue weighted by atomic mass is 19.4. The second-order valence-electron chi connectivity index (χ2n) is 6.53. The van der Waals surface area contributed by atoms with Crippen LogP contribution in [0.25, 0.3) is 0 Å². The Morgan fingerprint density at radius 1 is 1.26 bits per heavy atom. The summed E-state index contributed by atoms with van der Waals surface area (Å²) >= 11 is 0. The average Bonchev–Trinajstić information content (AvgIpc) is 3.01. The topological polar surface area (TPSA) is 56.6 Å². The van der Waals surface area contributed by atoms with Gasteiger partial charge in [-0.2, -0.15) is 18.3 Å². The standard InChI is InChI=1S/C18H18F3N3O3/c19-18(20,21)16(15-6-9-26-15)23-7-8-24-14(17(23)25)10-12(22-24)11-27-13-4-2-1-3-5-13/h1-5,10,15-16H,6-9,11H2. The molecule has 6 nitrogen and oxygen atoms in total. The van der Waals surface area contributed by atoms with E-state index in [0.717, 1.165) is 4.90 Å². The molecule has 1 aromatic carbocycles. The Balaban J connectivity index is 1.51. The third kappa shape index (κ3) is 3.51. The molecule has 144 valence electrons. The number of rotatable bonds is 5. The third-order valence-corrected chi connectivity index (χ3v) is 4.75. The van der Waals surface area contributed by atoms with Crippen LogP contribution in [0.4, 0.5) is 13.2 Å². The Hall–Kier alpha value is -2.55. The van der Waals surface area contributed by atoms with Gasteiger partial charge in [0, 0.05) is 13.2 Å². The number of nitrogens with zero attached hydrogens (tertiary/aromatic N) is 3. The lowest BCUT2D eigenvalue weighted by atomic mass is 10.0. The molecule has 9 heteroatoms. The Morgan fingerprint density at radius 2 is 2.00 bits per heavy atom. The maximum atomic E-state index is 13.5. The molecule has 2 atom stereocenters. The molecule has 0 bridgehead atoms. The number of hydrogen-bond donors (Lipinski definition) is 0. The summed E-state index contributed by atoms with van der Waals surface area (Å²) in [5.74, 6) is -0.0340. The summed E-state index contributed by atoms with van der Waals surface area (Å²) in [5, 5.41) is 4.28. The predicted octanol–water partition coefficient (Wildman–Crippen LogP) is 2.64. The normalized spacial score (nSPS) is 20.8. The highest BCUT2D eigenvalue weighted by Crippen LogP contribution is 2.35. The van der Waals surface area contributed by atoms with Crippen LogP contribution in [0.15, 0.2) is 36.4 Å². The van der Waals surface area contributed by atoms with Gasteiger partial charge in [0.1, 0.15) is 23.7 Å². The van der Waals surface area contributed by atoms with E-state index in [-0.39, 0.29) is 32.0 Å². The molecule has 2 aliphatic heterocycles. The van der Waals surface area contributed by atoms with Crippen molar-refractivity contribution in [3.05, 3.63) is 47.8 Å². The number of fused-ring (bicyclic) bond motifs is 1. The molecule has 3 heterocycles. The summed E-state index contributed by atoms with van der Waals surface area (Å²) in [5.41, 5.74) is 0.633. The first-order chi connectivity index (χ1) is 12.9. The van der Waals surface area contributed by atoms with Gasteiger partial charge in [-0.15, -0.1) is 0 Å². The van der Waals surface area contributed by atoms with Crippen molar-refractivity contribution in [3.63, 3.8) is 0 Å². The van der Waals surface area contributed by atoms with Crippen LogP contribution in [0.1, 0.15) is 22.6 Å². The molecular formula is C18H18F3N3O3. The average molecular weight is 381 g/mol. The molecule has 0 N–H and O–H groups in total. The maximum Gasteiger partial charge on any atom is 0.411 e. The van der Waals surface area contributed by atoms with Gasteiger partial charge in [0.15, 0.2) is 6.04 Å². The fourth-order valence-corrected chi connectivity index (χ4v) is 3.36. The Bertz CT molecular complexity index is 818. The zero-order valence-corrected chi connectivity index (χ0v) is 14.4. The molecule has 2 aromatic rings. The van der Waals surface area contributed by atoms with Gasteiger partial charge >= 0.3 is 6.18 Å². The maximum absolute atomic E-state index is 13.5. The molecule has 2 aliphatic rings. The summed E-state index contributed by atoms with van der Waals surface area (Å²) < 4.78 is 52.7. The van der Waals surface area contributed by atoms with E-state index >= 15 is 0 Å². The van der Waals surface area contributed by atoms with Gasteiger partial charge in [-0.05, 0) is 24.6 Å². The van der Waals surface area contributed by atoms with Gasteiger partial charge in [-0.3, -0.25) is 9.48 Å². The minimum absolute atomic E-state index is 0.0590. The minimum atomic E-state index is -4.54. The van der Waals surface area contributed by atoms with Crippen LogP contribution in [0, 0.1) is 0 Å². The first-order valence-corrected chi connectivity index (χ1v) is 8.67. The SMILES string of the molecule is O=C1c2cc(COc3ccccc3)nn2CCN1C(C1CCO1)C(F)(F)F. The highest BCUT2D eigenvalue weighted by molar-refractivity contribution is 5.93. The molecule has 1 aromatic heterocycles. The van der Waals surface area contributed by atoms with E-state index in [1.807, 2.05) is 18.2 Å². The van der Waals surface area contributed by atoms with Crippen molar-refractivity contribution < 1.29 is 27.4 Å². The van der Waals surface area contributed by atoms with Gasteiger partial charge in [0.2, 0.25) is 0 Å². The van der Waals surface area contributed by atoms with Crippen LogP contribution >= 0.6 is 0 Å². The van der Waals surface area contributed by atoms with Crippen LogP contribution in [0.2, 0.25) is 0 Å². The van der Waals surface area contributed by atoms with Gasteiger partial charge in [0.25, 0.3) is 5.91 Å². The second-order valence-corrected chi connectivity index (χ2v) is 6.53. The first-order valence-electron chi connectivity index (χ1n) is 8.67. The van der Waals surface area contributed by atoms with Gasteiger partial charge in [-0.25, -0.2) is 0 Å². The van der Waals surface area contributed by atoms with Crippen molar-refractivity contribution >= 4 is 5.91 Å². The summed E-state index contributed by atoms with van der Waals surface area (Å²) in [6.07, 6.45) is -5.24.